The van der Waals surface area contributed by atoms with Crippen LogP contribution in [-0.4, -0.2) is 36.9 Å². The van der Waals surface area contributed by atoms with Gasteiger partial charge in [0.1, 0.15) is 5.69 Å². The lowest BCUT2D eigenvalue weighted by atomic mass is 10.2. The standard InChI is InChI=1S/C16H18ClF3N6O3/c1-8-12(26(28)29)11(22-24(8)2)15(27)21-6-3-7-25-13(9-4-5-9)10(17)14(23-25)16(18,19)20/h9H,3-7H2,1-2H3,(H,21,27). The van der Waals surface area contributed by atoms with Crippen molar-refractivity contribution in [2.75, 3.05) is 6.54 Å². The first-order valence-electron chi connectivity index (χ1n) is 8.82. The molecule has 158 valence electrons. The Labute approximate surface area is 168 Å². The minimum atomic E-state index is -4.64. The van der Waals surface area contributed by atoms with E-state index in [-0.39, 0.29) is 47.5 Å². The fourth-order valence-electron chi connectivity index (χ4n) is 3.03. The van der Waals surface area contributed by atoms with E-state index in [9.17, 15) is 28.1 Å². The molecule has 1 aliphatic carbocycles. The molecule has 13 heteroatoms. The van der Waals surface area contributed by atoms with Crippen molar-refractivity contribution in [2.45, 2.75) is 44.8 Å². The Balaban J connectivity index is 1.65. The van der Waals surface area contributed by atoms with E-state index in [1.54, 1.807) is 0 Å². The van der Waals surface area contributed by atoms with Crippen LogP contribution in [0.5, 0.6) is 0 Å². The number of nitro groups is 1. The Bertz CT molecular complexity index is 964. The molecule has 1 N–H and O–H groups in total. The molecule has 1 amide bonds. The topological polar surface area (TPSA) is 108 Å². The maximum Gasteiger partial charge on any atom is 0.436 e. The second-order valence-electron chi connectivity index (χ2n) is 6.82. The van der Waals surface area contributed by atoms with Crippen molar-refractivity contribution >= 4 is 23.2 Å². The minimum Gasteiger partial charge on any atom is -0.350 e. The third kappa shape index (κ3) is 4.21. The maximum atomic E-state index is 13.1. The molecule has 9 nitrogen and oxygen atoms in total. The van der Waals surface area contributed by atoms with Crippen molar-refractivity contribution in [3.63, 3.8) is 0 Å². The van der Waals surface area contributed by atoms with Crippen molar-refractivity contribution in [1.82, 2.24) is 24.9 Å². The first-order chi connectivity index (χ1) is 13.5. The summed E-state index contributed by atoms with van der Waals surface area (Å²) in [6, 6.07) is 0. The number of aryl methyl sites for hydroxylation is 2. The maximum absolute atomic E-state index is 13.1. The molecule has 0 saturated heterocycles. The highest BCUT2D eigenvalue weighted by molar-refractivity contribution is 6.32. The van der Waals surface area contributed by atoms with Gasteiger partial charge in [-0.15, -0.1) is 0 Å². The van der Waals surface area contributed by atoms with Crippen LogP contribution in [0.2, 0.25) is 5.02 Å². The molecular formula is C16H18ClF3N6O3. The van der Waals surface area contributed by atoms with Crippen molar-refractivity contribution in [3.05, 3.63) is 37.9 Å². The van der Waals surface area contributed by atoms with Gasteiger partial charge >= 0.3 is 11.9 Å². The monoisotopic (exact) mass is 434 g/mol. The predicted molar refractivity (Wildman–Crippen MR) is 95.8 cm³/mol. The highest BCUT2D eigenvalue weighted by Crippen LogP contribution is 2.46. The van der Waals surface area contributed by atoms with E-state index in [0.29, 0.717) is 5.69 Å². The van der Waals surface area contributed by atoms with Crippen LogP contribution >= 0.6 is 11.6 Å². The molecule has 2 heterocycles. The number of aromatic nitrogens is 4. The summed E-state index contributed by atoms with van der Waals surface area (Å²) in [7, 11) is 1.48. The Morgan fingerprint density at radius 3 is 2.59 bits per heavy atom. The molecule has 0 atom stereocenters. The summed E-state index contributed by atoms with van der Waals surface area (Å²) < 4.78 is 41.7. The van der Waals surface area contributed by atoms with Gasteiger partial charge in [-0.3, -0.25) is 24.3 Å². The van der Waals surface area contributed by atoms with E-state index >= 15 is 0 Å². The lowest BCUT2D eigenvalue weighted by Crippen LogP contribution is -2.26. The van der Waals surface area contributed by atoms with E-state index in [4.69, 9.17) is 11.6 Å². The fourth-order valence-corrected chi connectivity index (χ4v) is 3.43. The number of rotatable bonds is 7. The van der Waals surface area contributed by atoms with Gasteiger partial charge in [-0.1, -0.05) is 11.6 Å². The predicted octanol–water partition coefficient (Wildman–Crippen LogP) is 3.20. The summed E-state index contributed by atoms with van der Waals surface area (Å²) >= 11 is 5.91. The molecule has 3 rings (SSSR count). The number of nitrogens with zero attached hydrogens (tertiary/aromatic N) is 5. The molecular weight excluding hydrogens is 417 g/mol. The molecule has 0 aromatic carbocycles. The summed E-state index contributed by atoms with van der Waals surface area (Å²) in [5, 5.41) is 20.8. The SMILES string of the molecule is Cc1c([N+](=O)[O-])c(C(=O)NCCCn2nc(C(F)(F)F)c(Cl)c2C2CC2)nn1C. The highest BCUT2D eigenvalue weighted by atomic mass is 35.5. The number of carbonyl (C=O) groups is 1. The van der Waals surface area contributed by atoms with Gasteiger partial charge in [0.15, 0.2) is 5.69 Å². The normalized spacial score (nSPS) is 14.3. The Morgan fingerprint density at radius 2 is 2.03 bits per heavy atom. The summed E-state index contributed by atoms with van der Waals surface area (Å²) in [6.07, 6.45) is -2.87. The molecule has 0 radical (unpaired) electrons. The van der Waals surface area contributed by atoms with E-state index in [1.807, 2.05) is 0 Å². The van der Waals surface area contributed by atoms with E-state index in [1.165, 1.54) is 23.3 Å². The third-order valence-electron chi connectivity index (χ3n) is 4.70. The van der Waals surface area contributed by atoms with Crippen LogP contribution in [0.15, 0.2) is 0 Å². The number of halogens is 4. The molecule has 1 saturated carbocycles. The van der Waals surface area contributed by atoms with Crippen LogP contribution in [0.1, 0.15) is 52.8 Å². The highest BCUT2D eigenvalue weighted by Gasteiger charge is 2.42. The molecule has 29 heavy (non-hydrogen) atoms. The summed E-state index contributed by atoms with van der Waals surface area (Å²) in [5.74, 6) is -0.767. The van der Waals surface area contributed by atoms with Crippen molar-refractivity contribution in [3.8, 4) is 0 Å². The van der Waals surface area contributed by atoms with Crippen molar-refractivity contribution in [1.29, 1.82) is 0 Å². The second kappa shape index (κ2) is 7.65. The average Bonchev–Trinajstić information content (AvgIpc) is 3.32. The van der Waals surface area contributed by atoms with Crippen molar-refractivity contribution < 1.29 is 22.9 Å². The third-order valence-corrected chi connectivity index (χ3v) is 5.07. The molecule has 0 spiro atoms. The second-order valence-corrected chi connectivity index (χ2v) is 7.19. The van der Waals surface area contributed by atoms with Gasteiger partial charge in [-0.2, -0.15) is 23.4 Å². The zero-order chi connectivity index (χ0) is 21.5. The first kappa shape index (κ1) is 21.1. The van der Waals surface area contributed by atoms with Gasteiger partial charge in [-0.05, 0) is 26.2 Å². The van der Waals surface area contributed by atoms with Gasteiger partial charge in [0.2, 0.25) is 5.69 Å². The van der Waals surface area contributed by atoms with Crippen LogP contribution < -0.4 is 5.32 Å². The number of amides is 1. The lowest BCUT2D eigenvalue weighted by Gasteiger charge is -2.07. The van der Waals surface area contributed by atoms with Crippen LogP contribution in [-0.2, 0) is 19.8 Å². The Hall–Kier alpha value is -2.63. The van der Waals surface area contributed by atoms with Gasteiger partial charge in [0, 0.05) is 26.1 Å². The largest absolute Gasteiger partial charge is 0.436 e. The molecule has 1 fully saturated rings. The Kier molecular flexibility index (Phi) is 5.57. The molecule has 2 aromatic rings. The first-order valence-corrected chi connectivity index (χ1v) is 9.19. The van der Waals surface area contributed by atoms with Crippen LogP contribution in [0.3, 0.4) is 0 Å². The Morgan fingerprint density at radius 1 is 1.38 bits per heavy atom. The fraction of sp³-hybridized carbons (Fsp3) is 0.562. The number of carbonyl (C=O) groups excluding carboxylic acids is 1. The zero-order valence-corrected chi connectivity index (χ0v) is 16.3. The number of hydrogen-bond acceptors (Lipinski definition) is 5. The van der Waals surface area contributed by atoms with Gasteiger partial charge < -0.3 is 5.32 Å². The summed E-state index contributed by atoms with van der Waals surface area (Å²) in [6.45, 7) is 1.67. The van der Waals surface area contributed by atoms with Crippen LogP contribution in [0.25, 0.3) is 0 Å². The van der Waals surface area contributed by atoms with E-state index in [0.717, 1.165) is 12.8 Å². The number of hydrogen-bond donors (Lipinski definition) is 1. The number of alkyl halides is 3. The lowest BCUT2D eigenvalue weighted by molar-refractivity contribution is -0.385. The summed E-state index contributed by atoms with van der Waals surface area (Å²) in [4.78, 5) is 22.7. The summed E-state index contributed by atoms with van der Waals surface area (Å²) in [5.41, 5.74) is -1.20. The van der Waals surface area contributed by atoms with Gasteiger partial charge in [0.05, 0.1) is 15.6 Å². The average molecular weight is 435 g/mol. The molecule has 1 aliphatic rings. The molecule has 0 unspecified atom stereocenters. The van der Waals surface area contributed by atoms with Gasteiger partial charge in [-0.25, -0.2) is 0 Å². The van der Waals surface area contributed by atoms with E-state index < -0.39 is 22.7 Å². The smallest absolute Gasteiger partial charge is 0.350 e. The van der Waals surface area contributed by atoms with Crippen LogP contribution in [0.4, 0.5) is 18.9 Å². The minimum absolute atomic E-state index is 0.0418. The van der Waals surface area contributed by atoms with Crippen molar-refractivity contribution in [2.24, 2.45) is 7.05 Å². The van der Waals surface area contributed by atoms with Gasteiger partial charge in [0.25, 0.3) is 5.91 Å². The number of nitrogens with one attached hydrogen (secondary N) is 1. The van der Waals surface area contributed by atoms with Crippen LogP contribution in [0, 0.1) is 17.0 Å². The van der Waals surface area contributed by atoms with E-state index in [2.05, 4.69) is 15.5 Å². The quantitative estimate of drug-likeness (QED) is 0.409. The molecule has 0 bridgehead atoms. The molecule has 2 aromatic heterocycles. The molecule has 0 aliphatic heterocycles. The zero-order valence-electron chi connectivity index (χ0n) is 15.6.